The second-order valence-electron chi connectivity index (χ2n) is 5.50. The number of nitrogens with zero attached hydrogens (tertiary/aromatic N) is 3. The number of halogens is 2. The summed E-state index contributed by atoms with van der Waals surface area (Å²) < 4.78 is 15.1. The number of carbonyl (C=O) groups excluding carboxylic acids is 1. The SMILES string of the molecule is CCN/C=C(/Cc1cn(C)nc1-c1ncc(F)cc1C(C)=O)C(=N)Cl. The minimum atomic E-state index is -0.582. The number of allylic oxidation sites excluding steroid dienone is 1. The Balaban J connectivity index is 2.52. The molecule has 2 aromatic rings. The van der Waals surface area contributed by atoms with Crippen molar-refractivity contribution in [3.8, 4) is 11.4 Å². The number of nitrogens with one attached hydrogen (secondary N) is 2. The van der Waals surface area contributed by atoms with E-state index in [0.717, 1.165) is 17.8 Å². The molecule has 2 N–H and O–H groups in total. The molecule has 0 aromatic carbocycles. The van der Waals surface area contributed by atoms with Gasteiger partial charge >= 0.3 is 0 Å². The van der Waals surface area contributed by atoms with Gasteiger partial charge in [0, 0.05) is 49.1 Å². The Morgan fingerprint density at radius 3 is 2.80 bits per heavy atom. The smallest absolute Gasteiger partial charge is 0.162 e. The van der Waals surface area contributed by atoms with Crippen LogP contribution in [0.4, 0.5) is 4.39 Å². The standard InChI is InChI=1S/C17H19ClFN5O/c1-4-21-7-11(17(18)20)5-12-9-24(3)23-15(12)16-14(10(2)25)6-13(19)8-22-16/h6-9,20-21H,4-5H2,1-3H3/b11-7-,20-17?. The van der Waals surface area contributed by atoms with Gasteiger partial charge in [-0.25, -0.2) is 4.39 Å². The summed E-state index contributed by atoms with van der Waals surface area (Å²) in [7, 11) is 1.74. The van der Waals surface area contributed by atoms with Gasteiger partial charge in [0.25, 0.3) is 0 Å². The normalized spacial score (nSPS) is 11.5. The van der Waals surface area contributed by atoms with Crippen LogP contribution in [-0.2, 0) is 13.5 Å². The molecule has 2 aromatic heterocycles. The molecule has 0 aliphatic carbocycles. The molecule has 0 fully saturated rings. The summed E-state index contributed by atoms with van der Waals surface area (Å²) in [4.78, 5) is 15.9. The minimum Gasteiger partial charge on any atom is -0.391 e. The summed E-state index contributed by atoms with van der Waals surface area (Å²) in [6, 6.07) is 1.15. The monoisotopic (exact) mass is 363 g/mol. The number of aromatic nitrogens is 3. The molecule has 0 saturated carbocycles. The van der Waals surface area contributed by atoms with Gasteiger partial charge in [0.15, 0.2) is 5.78 Å². The summed E-state index contributed by atoms with van der Waals surface area (Å²) in [5.41, 5.74) is 2.25. The van der Waals surface area contributed by atoms with E-state index in [-0.39, 0.29) is 16.5 Å². The zero-order valence-corrected chi connectivity index (χ0v) is 15.0. The Kier molecular flexibility index (Phi) is 6.03. The summed E-state index contributed by atoms with van der Waals surface area (Å²) >= 11 is 5.87. The van der Waals surface area contributed by atoms with Crippen molar-refractivity contribution in [2.24, 2.45) is 7.05 Å². The first-order valence-electron chi connectivity index (χ1n) is 7.69. The fourth-order valence-electron chi connectivity index (χ4n) is 2.39. The number of hydrogen-bond acceptors (Lipinski definition) is 5. The maximum atomic E-state index is 13.5. The third-order valence-electron chi connectivity index (χ3n) is 3.51. The number of carbonyl (C=O) groups is 1. The summed E-state index contributed by atoms with van der Waals surface area (Å²) in [6.45, 7) is 3.98. The molecule has 25 heavy (non-hydrogen) atoms. The van der Waals surface area contributed by atoms with Crippen molar-refractivity contribution < 1.29 is 9.18 Å². The van der Waals surface area contributed by atoms with Crippen molar-refractivity contribution in [3.05, 3.63) is 47.2 Å². The van der Waals surface area contributed by atoms with Crippen molar-refractivity contribution >= 4 is 22.6 Å². The highest BCUT2D eigenvalue weighted by Gasteiger charge is 2.20. The molecule has 0 amide bonds. The quantitative estimate of drug-likeness (QED) is 0.585. The number of pyridine rings is 1. The van der Waals surface area contributed by atoms with E-state index >= 15 is 0 Å². The molecule has 2 heterocycles. The van der Waals surface area contributed by atoms with Gasteiger partial charge in [-0.2, -0.15) is 5.10 Å². The predicted octanol–water partition coefficient (Wildman–Crippen LogP) is 3.08. The lowest BCUT2D eigenvalue weighted by Crippen LogP contribution is -2.09. The second-order valence-corrected chi connectivity index (χ2v) is 5.88. The van der Waals surface area contributed by atoms with Gasteiger partial charge in [-0.15, -0.1) is 0 Å². The Morgan fingerprint density at radius 2 is 2.20 bits per heavy atom. The Hall–Kier alpha value is -2.54. The van der Waals surface area contributed by atoms with Gasteiger partial charge < -0.3 is 5.32 Å². The minimum absolute atomic E-state index is 0.0883. The topological polar surface area (TPSA) is 83.7 Å². The molecule has 8 heteroatoms. The molecule has 6 nitrogen and oxygen atoms in total. The van der Waals surface area contributed by atoms with Crippen LogP contribution in [0.25, 0.3) is 11.4 Å². The maximum absolute atomic E-state index is 13.5. The van der Waals surface area contributed by atoms with Crippen molar-refractivity contribution in [1.29, 1.82) is 5.41 Å². The van der Waals surface area contributed by atoms with E-state index in [4.69, 9.17) is 17.0 Å². The Labute approximate surface area is 150 Å². The first-order chi connectivity index (χ1) is 11.8. The average molecular weight is 364 g/mol. The van der Waals surface area contributed by atoms with Crippen LogP contribution in [0, 0.1) is 11.2 Å². The van der Waals surface area contributed by atoms with E-state index in [1.807, 2.05) is 6.92 Å². The van der Waals surface area contributed by atoms with Crippen LogP contribution in [0.5, 0.6) is 0 Å². The van der Waals surface area contributed by atoms with Crippen LogP contribution in [0.1, 0.15) is 29.8 Å². The number of rotatable bonds is 7. The van der Waals surface area contributed by atoms with E-state index < -0.39 is 5.82 Å². The number of Topliss-reactive ketones (excluding diaryl/α,β-unsaturated/α-hetero) is 1. The largest absolute Gasteiger partial charge is 0.391 e. The Morgan fingerprint density at radius 1 is 1.48 bits per heavy atom. The van der Waals surface area contributed by atoms with Crippen molar-refractivity contribution in [3.63, 3.8) is 0 Å². The van der Waals surface area contributed by atoms with E-state index in [1.54, 1.807) is 24.1 Å². The molecule has 0 atom stereocenters. The van der Waals surface area contributed by atoms with Crippen LogP contribution in [0.2, 0.25) is 0 Å². The lowest BCUT2D eigenvalue weighted by molar-refractivity contribution is 0.101. The van der Waals surface area contributed by atoms with Crippen molar-refractivity contribution in [2.45, 2.75) is 20.3 Å². The Bertz CT molecular complexity index is 844. The number of hydrogen-bond donors (Lipinski definition) is 2. The zero-order valence-electron chi connectivity index (χ0n) is 14.2. The molecule has 0 saturated heterocycles. The third kappa shape index (κ3) is 4.51. The summed E-state index contributed by atoms with van der Waals surface area (Å²) in [6.07, 6.45) is 4.83. The van der Waals surface area contributed by atoms with Crippen molar-refractivity contribution in [1.82, 2.24) is 20.1 Å². The highest BCUT2D eigenvalue weighted by Crippen LogP contribution is 2.26. The summed E-state index contributed by atoms with van der Waals surface area (Å²) in [5.74, 6) is -0.881. The zero-order chi connectivity index (χ0) is 18.6. The second kappa shape index (κ2) is 8.02. The predicted molar refractivity (Wildman–Crippen MR) is 95.4 cm³/mol. The third-order valence-corrected chi connectivity index (χ3v) is 3.75. The highest BCUT2D eigenvalue weighted by molar-refractivity contribution is 6.68. The van der Waals surface area contributed by atoms with Crippen LogP contribution < -0.4 is 5.32 Å². The molecule has 0 radical (unpaired) electrons. The first-order valence-corrected chi connectivity index (χ1v) is 8.07. The molecule has 0 bridgehead atoms. The fraction of sp³-hybridized carbons (Fsp3) is 0.294. The molecule has 0 spiro atoms. The molecule has 0 unspecified atom stereocenters. The van der Waals surface area contributed by atoms with E-state index in [1.165, 1.54) is 6.92 Å². The molecular weight excluding hydrogens is 345 g/mol. The average Bonchev–Trinajstić information content (AvgIpc) is 2.91. The highest BCUT2D eigenvalue weighted by atomic mass is 35.5. The number of aryl methyl sites for hydroxylation is 1. The van der Waals surface area contributed by atoms with Gasteiger partial charge in [0.2, 0.25) is 0 Å². The molecule has 0 aliphatic heterocycles. The van der Waals surface area contributed by atoms with E-state index in [0.29, 0.717) is 29.9 Å². The molecule has 2 rings (SSSR count). The lowest BCUT2D eigenvalue weighted by Gasteiger charge is -2.08. The maximum Gasteiger partial charge on any atom is 0.162 e. The van der Waals surface area contributed by atoms with Crippen LogP contribution >= 0.6 is 11.6 Å². The van der Waals surface area contributed by atoms with Crippen molar-refractivity contribution in [2.75, 3.05) is 6.54 Å². The van der Waals surface area contributed by atoms with Crippen LogP contribution in [0.3, 0.4) is 0 Å². The van der Waals surface area contributed by atoms with Gasteiger partial charge in [-0.1, -0.05) is 11.6 Å². The molecule has 132 valence electrons. The van der Waals surface area contributed by atoms with Gasteiger partial charge in [0.1, 0.15) is 22.4 Å². The lowest BCUT2D eigenvalue weighted by atomic mass is 10.0. The van der Waals surface area contributed by atoms with Crippen LogP contribution in [0.15, 0.2) is 30.2 Å². The molecule has 0 aliphatic rings. The van der Waals surface area contributed by atoms with E-state index in [2.05, 4.69) is 15.4 Å². The number of ketones is 1. The summed E-state index contributed by atoms with van der Waals surface area (Å²) in [5, 5.41) is 15.0. The first kappa shape index (κ1) is 18.8. The van der Waals surface area contributed by atoms with E-state index in [9.17, 15) is 9.18 Å². The van der Waals surface area contributed by atoms with Gasteiger partial charge in [0.05, 0.1) is 6.20 Å². The molecular formula is C17H19ClFN5O. The van der Waals surface area contributed by atoms with Gasteiger partial charge in [-0.3, -0.25) is 19.9 Å². The van der Waals surface area contributed by atoms with Crippen LogP contribution in [-0.4, -0.2) is 32.3 Å². The fourth-order valence-corrected chi connectivity index (χ4v) is 2.51. The van der Waals surface area contributed by atoms with Gasteiger partial charge in [-0.05, 0) is 19.9 Å².